The minimum Gasteiger partial charge on any atom is -0.497 e. The van der Waals surface area contributed by atoms with Gasteiger partial charge in [-0.15, -0.1) is 4.13 Å². The average Bonchev–Trinajstić information content (AvgIpc) is 2.59. The van der Waals surface area contributed by atoms with Crippen LogP contribution in [0.4, 0.5) is 4.39 Å². The molecular weight excluding hydrogens is 381 g/mol. The van der Waals surface area contributed by atoms with E-state index in [4.69, 9.17) is 4.74 Å². The number of rotatable bonds is 9. The summed E-state index contributed by atoms with van der Waals surface area (Å²) < 4.78 is 68.3. The first-order chi connectivity index (χ1) is 12.2. The second-order valence-corrected chi connectivity index (χ2v) is 9.60. The summed E-state index contributed by atoms with van der Waals surface area (Å²) in [5.74, 6) is -0.774. The fourth-order valence-electron chi connectivity index (χ4n) is 2.27. The Kier molecular flexibility index (Phi) is 6.74. The van der Waals surface area contributed by atoms with Gasteiger partial charge in [0.25, 0.3) is 0 Å². The first kappa shape index (κ1) is 20.3. The summed E-state index contributed by atoms with van der Waals surface area (Å²) >= 11 is 0. The summed E-state index contributed by atoms with van der Waals surface area (Å²) in [6, 6.07) is 12.6. The van der Waals surface area contributed by atoms with Crippen LogP contribution in [0.1, 0.15) is 11.1 Å². The highest BCUT2D eigenvalue weighted by Crippen LogP contribution is 2.12. The molecule has 0 aliphatic rings. The van der Waals surface area contributed by atoms with Crippen molar-refractivity contribution in [2.75, 3.05) is 18.6 Å². The van der Waals surface area contributed by atoms with Gasteiger partial charge in [-0.2, -0.15) is 0 Å². The van der Waals surface area contributed by atoms with Gasteiger partial charge in [0, 0.05) is 0 Å². The first-order valence-corrected chi connectivity index (χ1v) is 11.1. The minimum absolute atomic E-state index is 0.115. The fourth-order valence-corrected chi connectivity index (χ4v) is 5.47. The summed E-state index contributed by atoms with van der Waals surface area (Å²) in [6.45, 7) is 0. The first-order valence-electron chi connectivity index (χ1n) is 7.81. The van der Waals surface area contributed by atoms with Crippen LogP contribution in [0.2, 0.25) is 0 Å². The Bertz CT molecular complexity index is 941. The third-order valence-electron chi connectivity index (χ3n) is 3.67. The van der Waals surface area contributed by atoms with Crippen LogP contribution >= 0.6 is 0 Å². The second kappa shape index (κ2) is 8.61. The van der Waals surface area contributed by atoms with Gasteiger partial charge in [0.05, 0.1) is 18.6 Å². The summed E-state index contributed by atoms with van der Waals surface area (Å²) in [5.41, 5.74) is 0.952. The molecule has 6 nitrogen and oxygen atoms in total. The molecule has 2 aromatic carbocycles. The van der Waals surface area contributed by atoms with Crippen LogP contribution in [-0.4, -0.2) is 35.5 Å². The van der Waals surface area contributed by atoms with Crippen molar-refractivity contribution in [3.8, 4) is 5.75 Å². The van der Waals surface area contributed by atoms with Crippen molar-refractivity contribution in [1.29, 1.82) is 0 Å². The van der Waals surface area contributed by atoms with Crippen LogP contribution in [0.15, 0.2) is 48.5 Å². The van der Waals surface area contributed by atoms with Crippen molar-refractivity contribution >= 4 is 20.0 Å². The zero-order chi connectivity index (χ0) is 19.2. The third-order valence-corrected chi connectivity index (χ3v) is 7.19. The number of hydrogen-bond donors (Lipinski definition) is 1. The third kappa shape index (κ3) is 6.40. The fraction of sp³-hybridized carbons (Fsp3) is 0.294. The van der Waals surface area contributed by atoms with E-state index in [9.17, 15) is 21.2 Å². The number of ether oxygens (including phenoxy) is 1. The molecule has 2 aromatic rings. The molecule has 0 spiro atoms. The smallest absolute Gasteiger partial charge is 0.224 e. The summed E-state index contributed by atoms with van der Waals surface area (Å²) in [7, 11) is -6.60. The topological polar surface area (TPSA) is 89.5 Å². The number of benzene rings is 2. The highest BCUT2D eigenvalue weighted by molar-refractivity contribution is 8.04. The van der Waals surface area contributed by atoms with Crippen LogP contribution < -0.4 is 8.86 Å². The molecule has 0 aliphatic carbocycles. The Morgan fingerprint density at radius 3 is 2.04 bits per heavy atom. The summed E-state index contributed by atoms with van der Waals surface area (Å²) in [5, 5.41) is 0. The van der Waals surface area contributed by atoms with Crippen molar-refractivity contribution in [3.05, 3.63) is 65.5 Å². The SMILES string of the molecule is COc1ccc(CCS(=O)(=O)NS(=O)(=O)CCc2ccccc2F)cc1. The van der Waals surface area contributed by atoms with Crippen molar-refractivity contribution < 1.29 is 26.0 Å². The molecule has 0 atom stereocenters. The molecule has 26 heavy (non-hydrogen) atoms. The normalized spacial score (nSPS) is 12.1. The number of hydrogen-bond acceptors (Lipinski definition) is 5. The molecule has 0 amide bonds. The van der Waals surface area contributed by atoms with E-state index in [1.165, 1.54) is 25.3 Å². The minimum atomic E-state index is -4.09. The average molecular weight is 401 g/mol. The lowest BCUT2D eigenvalue weighted by molar-refractivity contribution is 0.414. The quantitative estimate of drug-likeness (QED) is 0.693. The Morgan fingerprint density at radius 1 is 0.885 bits per heavy atom. The maximum atomic E-state index is 13.5. The number of methoxy groups -OCH3 is 1. The maximum Gasteiger partial charge on any atom is 0.224 e. The molecule has 0 aliphatic heterocycles. The number of aryl methyl sites for hydroxylation is 2. The Balaban J connectivity index is 1.92. The number of sulfonamides is 2. The zero-order valence-corrected chi connectivity index (χ0v) is 15.8. The van der Waals surface area contributed by atoms with Gasteiger partial charge in [0.15, 0.2) is 0 Å². The predicted octanol–water partition coefficient (Wildman–Crippen LogP) is 1.87. The van der Waals surface area contributed by atoms with Gasteiger partial charge in [-0.25, -0.2) is 21.2 Å². The molecule has 1 N–H and O–H groups in total. The van der Waals surface area contributed by atoms with Crippen LogP contribution in [-0.2, 0) is 32.9 Å². The van der Waals surface area contributed by atoms with E-state index in [2.05, 4.69) is 0 Å². The Morgan fingerprint density at radius 2 is 1.46 bits per heavy atom. The zero-order valence-electron chi connectivity index (χ0n) is 14.2. The molecule has 0 radical (unpaired) electrons. The Hall–Kier alpha value is -1.97. The largest absolute Gasteiger partial charge is 0.497 e. The molecular formula is C17H20FNO5S2. The van der Waals surface area contributed by atoms with E-state index in [0.29, 0.717) is 5.75 Å². The molecule has 0 aromatic heterocycles. The van der Waals surface area contributed by atoms with Gasteiger partial charge in [-0.3, -0.25) is 0 Å². The molecule has 0 saturated heterocycles. The maximum absolute atomic E-state index is 13.5. The van der Waals surface area contributed by atoms with Crippen LogP contribution in [0.25, 0.3) is 0 Å². The number of nitrogens with one attached hydrogen (secondary N) is 1. The second-order valence-electron chi connectivity index (χ2n) is 5.66. The van der Waals surface area contributed by atoms with E-state index in [0.717, 1.165) is 5.56 Å². The molecule has 0 heterocycles. The summed E-state index contributed by atoms with van der Waals surface area (Å²) in [6.07, 6.45) is 0.0398. The standard InChI is InChI=1S/C17H20FNO5S2/c1-24-16-8-6-14(7-9-16)10-12-25(20,21)19-26(22,23)13-11-15-4-2-3-5-17(15)18/h2-9,19H,10-13H2,1H3. The van der Waals surface area contributed by atoms with E-state index >= 15 is 0 Å². The van der Waals surface area contributed by atoms with Crippen molar-refractivity contribution in [1.82, 2.24) is 4.13 Å². The van der Waals surface area contributed by atoms with E-state index in [-0.39, 0.29) is 24.2 Å². The molecule has 9 heteroatoms. The molecule has 142 valence electrons. The molecule has 0 bridgehead atoms. The van der Waals surface area contributed by atoms with Gasteiger partial charge in [0.1, 0.15) is 11.6 Å². The molecule has 2 rings (SSSR count). The van der Waals surface area contributed by atoms with Crippen LogP contribution in [0.5, 0.6) is 5.75 Å². The lowest BCUT2D eigenvalue weighted by Gasteiger charge is -2.09. The van der Waals surface area contributed by atoms with Gasteiger partial charge in [0.2, 0.25) is 20.0 Å². The monoisotopic (exact) mass is 401 g/mol. The van der Waals surface area contributed by atoms with Gasteiger partial charge < -0.3 is 4.74 Å². The molecule has 0 unspecified atom stereocenters. The van der Waals surface area contributed by atoms with Crippen LogP contribution in [0, 0.1) is 5.82 Å². The highest BCUT2D eigenvalue weighted by atomic mass is 32.3. The van der Waals surface area contributed by atoms with E-state index in [1.54, 1.807) is 34.5 Å². The summed E-state index contributed by atoms with van der Waals surface area (Å²) in [4.78, 5) is 0. The predicted molar refractivity (Wildman–Crippen MR) is 97.5 cm³/mol. The van der Waals surface area contributed by atoms with Crippen molar-refractivity contribution in [2.45, 2.75) is 12.8 Å². The van der Waals surface area contributed by atoms with Gasteiger partial charge in [-0.1, -0.05) is 30.3 Å². The van der Waals surface area contributed by atoms with Crippen molar-refractivity contribution in [3.63, 3.8) is 0 Å². The van der Waals surface area contributed by atoms with Crippen molar-refractivity contribution in [2.24, 2.45) is 0 Å². The highest BCUT2D eigenvalue weighted by Gasteiger charge is 2.21. The number of halogens is 1. The lowest BCUT2D eigenvalue weighted by Crippen LogP contribution is -2.35. The molecule has 0 saturated carbocycles. The lowest BCUT2D eigenvalue weighted by atomic mass is 10.2. The van der Waals surface area contributed by atoms with E-state index < -0.39 is 31.6 Å². The van der Waals surface area contributed by atoms with Crippen LogP contribution in [0.3, 0.4) is 0 Å². The van der Waals surface area contributed by atoms with Gasteiger partial charge >= 0.3 is 0 Å². The van der Waals surface area contributed by atoms with Gasteiger partial charge in [-0.05, 0) is 42.2 Å². The molecule has 0 fully saturated rings. The Labute approximate surface area is 153 Å². The van der Waals surface area contributed by atoms with E-state index in [1.807, 2.05) is 0 Å².